The molecule has 0 spiro atoms. The molecule has 1 atom stereocenters. The van der Waals surface area contributed by atoms with Crippen LogP contribution in [-0.2, 0) is 9.84 Å². The van der Waals surface area contributed by atoms with Gasteiger partial charge in [0.15, 0.2) is 9.84 Å². The maximum atomic E-state index is 11.9. The van der Waals surface area contributed by atoms with Crippen LogP contribution in [0.2, 0.25) is 5.02 Å². The first-order valence-electron chi connectivity index (χ1n) is 6.96. The highest BCUT2D eigenvalue weighted by molar-refractivity contribution is 7.91. The fraction of sp³-hybridized carbons (Fsp3) is 0.500. The quantitative estimate of drug-likeness (QED) is 0.877. The lowest BCUT2D eigenvalue weighted by molar-refractivity contribution is 0.192. The Kier molecular flexibility index (Phi) is 5.52. The van der Waals surface area contributed by atoms with Crippen molar-refractivity contribution in [2.75, 3.05) is 31.7 Å². The lowest BCUT2D eigenvalue weighted by atomic mass is 10.3. The van der Waals surface area contributed by atoms with Crippen molar-refractivity contribution in [1.82, 2.24) is 10.2 Å². The number of ether oxygens (including phenoxy) is 1. The van der Waals surface area contributed by atoms with Crippen LogP contribution in [0.5, 0.6) is 5.75 Å². The Labute approximate surface area is 135 Å². The number of benzene rings is 1. The number of halogens is 1. The summed E-state index contributed by atoms with van der Waals surface area (Å²) in [6, 6.07) is 6.43. The Bertz CT molecular complexity index is 635. The van der Waals surface area contributed by atoms with Crippen molar-refractivity contribution in [3.63, 3.8) is 0 Å². The van der Waals surface area contributed by atoms with E-state index in [2.05, 4.69) is 5.32 Å². The summed E-state index contributed by atoms with van der Waals surface area (Å²) in [5.74, 6) is 0.800. The van der Waals surface area contributed by atoms with Gasteiger partial charge in [0.1, 0.15) is 12.4 Å². The predicted molar refractivity (Wildman–Crippen MR) is 85.2 cm³/mol. The normalized spacial score (nSPS) is 19.6. The second-order valence-corrected chi connectivity index (χ2v) is 7.94. The summed E-state index contributed by atoms with van der Waals surface area (Å²) in [6.07, 6.45) is 0.473. The van der Waals surface area contributed by atoms with Crippen LogP contribution in [0, 0.1) is 0 Å². The van der Waals surface area contributed by atoms with Crippen LogP contribution in [-0.4, -0.2) is 57.1 Å². The molecule has 0 saturated carbocycles. The maximum Gasteiger partial charge on any atom is 0.317 e. The van der Waals surface area contributed by atoms with E-state index in [-0.39, 0.29) is 23.6 Å². The van der Waals surface area contributed by atoms with E-state index in [9.17, 15) is 13.2 Å². The molecule has 8 heteroatoms. The van der Waals surface area contributed by atoms with Crippen LogP contribution < -0.4 is 10.1 Å². The van der Waals surface area contributed by atoms with E-state index >= 15 is 0 Å². The van der Waals surface area contributed by atoms with Crippen molar-refractivity contribution in [3.8, 4) is 5.75 Å². The predicted octanol–water partition coefficient (Wildman–Crippen LogP) is 1.55. The van der Waals surface area contributed by atoms with Crippen LogP contribution in [0.1, 0.15) is 6.42 Å². The molecule has 122 valence electrons. The molecule has 2 amide bonds. The Balaban J connectivity index is 1.72. The highest BCUT2D eigenvalue weighted by Crippen LogP contribution is 2.17. The Morgan fingerprint density at radius 1 is 1.50 bits per heavy atom. The second-order valence-electron chi connectivity index (χ2n) is 5.28. The number of carbonyl (C=O) groups is 1. The zero-order valence-corrected chi connectivity index (χ0v) is 13.9. The fourth-order valence-corrected chi connectivity index (χ4v) is 4.01. The summed E-state index contributed by atoms with van der Waals surface area (Å²) in [5, 5.41) is 3.31. The Hall–Kier alpha value is -1.47. The minimum absolute atomic E-state index is 0.0194. The monoisotopic (exact) mass is 346 g/mol. The number of hydrogen-bond acceptors (Lipinski definition) is 4. The smallest absolute Gasteiger partial charge is 0.317 e. The van der Waals surface area contributed by atoms with Crippen LogP contribution in [0.3, 0.4) is 0 Å². The summed E-state index contributed by atoms with van der Waals surface area (Å²) in [4.78, 5) is 13.4. The van der Waals surface area contributed by atoms with E-state index < -0.39 is 9.84 Å². The first kappa shape index (κ1) is 16.9. The molecule has 0 bridgehead atoms. The van der Waals surface area contributed by atoms with Gasteiger partial charge >= 0.3 is 6.03 Å². The van der Waals surface area contributed by atoms with Crippen LogP contribution >= 0.6 is 11.6 Å². The number of nitrogens with one attached hydrogen (secondary N) is 1. The molecule has 1 heterocycles. The Morgan fingerprint density at radius 2 is 2.27 bits per heavy atom. The first-order valence-corrected chi connectivity index (χ1v) is 9.16. The molecule has 22 heavy (non-hydrogen) atoms. The number of rotatable bonds is 5. The average Bonchev–Trinajstić information content (AvgIpc) is 2.77. The van der Waals surface area contributed by atoms with E-state index in [1.165, 1.54) is 4.90 Å². The van der Waals surface area contributed by atoms with Gasteiger partial charge in [-0.15, -0.1) is 0 Å². The van der Waals surface area contributed by atoms with Crippen molar-refractivity contribution in [2.45, 2.75) is 12.5 Å². The molecule has 0 unspecified atom stereocenters. The van der Waals surface area contributed by atoms with E-state index in [0.29, 0.717) is 30.3 Å². The molecule has 1 aliphatic heterocycles. The number of hydrogen-bond donors (Lipinski definition) is 1. The molecule has 2 rings (SSSR count). The number of urea groups is 1. The number of sulfone groups is 1. The molecule has 0 aliphatic carbocycles. The van der Waals surface area contributed by atoms with Crippen molar-refractivity contribution in [1.29, 1.82) is 0 Å². The summed E-state index contributed by atoms with van der Waals surface area (Å²) in [5.41, 5.74) is 0. The first-order chi connectivity index (χ1) is 10.4. The molecule has 0 aromatic heterocycles. The third-order valence-corrected chi connectivity index (χ3v) is 5.40. The molecule has 1 saturated heterocycles. The largest absolute Gasteiger partial charge is 0.492 e. The zero-order chi connectivity index (χ0) is 16.2. The van der Waals surface area contributed by atoms with E-state index in [1.54, 1.807) is 31.3 Å². The molecule has 6 nitrogen and oxygen atoms in total. The summed E-state index contributed by atoms with van der Waals surface area (Å²) < 4.78 is 28.2. The van der Waals surface area contributed by atoms with Gasteiger partial charge in [0.05, 0.1) is 18.1 Å². The van der Waals surface area contributed by atoms with Crippen molar-refractivity contribution in [3.05, 3.63) is 29.3 Å². The highest BCUT2D eigenvalue weighted by Gasteiger charge is 2.29. The standard InChI is InChI=1S/C14H19ClN2O4S/c1-17(6-7-21-13-4-2-3-11(15)9-13)14(18)16-12-5-8-22(19,20)10-12/h2-4,9,12H,5-8,10H2,1H3,(H,16,18)/t12-/m0/s1. The van der Waals surface area contributed by atoms with Crippen molar-refractivity contribution < 1.29 is 17.9 Å². The Morgan fingerprint density at radius 3 is 2.91 bits per heavy atom. The average molecular weight is 347 g/mol. The van der Waals surface area contributed by atoms with Gasteiger partial charge in [0, 0.05) is 18.1 Å². The van der Waals surface area contributed by atoms with Gasteiger partial charge < -0.3 is 15.0 Å². The minimum Gasteiger partial charge on any atom is -0.492 e. The van der Waals surface area contributed by atoms with Gasteiger partial charge in [-0.25, -0.2) is 13.2 Å². The van der Waals surface area contributed by atoms with Crippen LogP contribution in [0.4, 0.5) is 4.79 Å². The molecule has 1 aromatic rings. The van der Waals surface area contributed by atoms with Gasteiger partial charge in [0.25, 0.3) is 0 Å². The molecule has 0 radical (unpaired) electrons. The molecular formula is C14H19ClN2O4S. The number of likely N-dealkylation sites (N-methyl/N-ethyl adjacent to an activating group) is 1. The lowest BCUT2D eigenvalue weighted by Crippen LogP contribution is -2.44. The van der Waals surface area contributed by atoms with E-state index in [4.69, 9.17) is 16.3 Å². The highest BCUT2D eigenvalue weighted by atomic mass is 35.5. The van der Waals surface area contributed by atoms with Crippen LogP contribution in [0.15, 0.2) is 24.3 Å². The third-order valence-electron chi connectivity index (χ3n) is 3.40. The fourth-order valence-electron chi connectivity index (χ4n) is 2.15. The maximum absolute atomic E-state index is 11.9. The van der Waals surface area contributed by atoms with Gasteiger partial charge in [-0.3, -0.25) is 0 Å². The number of amides is 2. The lowest BCUT2D eigenvalue weighted by Gasteiger charge is -2.20. The second kappa shape index (κ2) is 7.19. The van der Waals surface area contributed by atoms with E-state index in [0.717, 1.165) is 0 Å². The number of carbonyl (C=O) groups excluding carboxylic acids is 1. The zero-order valence-electron chi connectivity index (χ0n) is 12.3. The SMILES string of the molecule is CN(CCOc1cccc(Cl)c1)C(=O)N[C@H]1CCS(=O)(=O)C1. The van der Waals surface area contributed by atoms with Crippen molar-refractivity contribution in [2.24, 2.45) is 0 Å². The van der Waals surface area contributed by atoms with E-state index in [1.807, 2.05) is 0 Å². The molecule has 1 aliphatic rings. The third kappa shape index (κ3) is 5.06. The summed E-state index contributed by atoms with van der Waals surface area (Å²) in [7, 11) is -1.36. The van der Waals surface area contributed by atoms with Gasteiger partial charge in [0.2, 0.25) is 0 Å². The number of nitrogens with zero attached hydrogens (tertiary/aromatic N) is 1. The van der Waals surface area contributed by atoms with Gasteiger partial charge in [-0.05, 0) is 24.6 Å². The molecular weight excluding hydrogens is 328 g/mol. The topological polar surface area (TPSA) is 75.7 Å². The minimum atomic E-state index is -2.99. The van der Waals surface area contributed by atoms with Crippen molar-refractivity contribution >= 4 is 27.5 Å². The molecule has 1 aromatic carbocycles. The van der Waals surface area contributed by atoms with Gasteiger partial charge in [-0.2, -0.15) is 0 Å². The summed E-state index contributed by atoms with van der Waals surface area (Å²) in [6.45, 7) is 0.713. The summed E-state index contributed by atoms with van der Waals surface area (Å²) >= 11 is 5.85. The molecule has 1 fully saturated rings. The molecule has 1 N–H and O–H groups in total. The van der Waals surface area contributed by atoms with Gasteiger partial charge in [-0.1, -0.05) is 17.7 Å². The van der Waals surface area contributed by atoms with Crippen LogP contribution in [0.25, 0.3) is 0 Å².